The molecule has 0 heterocycles. The minimum atomic E-state index is -0.372. The third-order valence-electron chi connectivity index (χ3n) is 3.08. The van der Waals surface area contributed by atoms with Gasteiger partial charge in [-0.2, -0.15) is 0 Å². The number of benzene rings is 2. The number of hydrogen-bond acceptors (Lipinski definition) is 2. The zero-order chi connectivity index (χ0) is 14.9. The van der Waals surface area contributed by atoms with Crippen LogP contribution in [0.5, 0.6) is 0 Å². The van der Waals surface area contributed by atoms with Crippen molar-refractivity contribution in [2.45, 2.75) is 12.0 Å². The summed E-state index contributed by atoms with van der Waals surface area (Å²) in [4.78, 5) is 0. The molecule has 1 atom stereocenters. The van der Waals surface area contributed by atoms with Crippen LogP contribution < -0.4 is 5.73 Å². The first kappa shape index (κ1) is 15.8. The summed E-state index contributed by atoms with van der Waals surface area (Å²) in [6.45, 7) is 0.952. The van der Waals surface area contributed by atoms with E-state index in [1.807, 2.05) is 36.4 Å². The van der Waals surface area contributed by atoms with Crippen molar-refractivity contribution in [3.63, 3.8) is 0 Å². The lowest BCUT2D eigenvalue weighted by molar-refractivity contribution is 0.118. The molecule has 21 heavy (non-hydrogen) atoms. The fraction of sp³-hybridized carbons (Fsp3) is 0.222. The average Bonchev–Trinajstić information content (AvgIpc) is 2.54. The van der Waals surface area contributed by atoms with E-state index in [0.717, 1.165) is 16.7 Å². The van der Waals surface area contributed by atoms with Crippen LogP contribution in [0.25, 0.3) is 11.6 Å². The lowest BCUT2D eigenvalue weighted by Gasteiger charge is -2.14. The van der Waals surface area contributed by atoms with E-state index >= 15 is 0 Å². The standard InChI is InChI=1S/C18H20ClNO/c19-18(21-12-11-20)14-17(16-9-5-2-6-10-16)13-15-7-3-1-4-8-15/h1-10,13,18H,11-12,14,20H2. The first-order valence-electron chi connectivity index (χ1n) is 7.06. The largest absolute Gasteiger partial charge is 0.361 e. The van der Waals surface area contributed by atoms with Gasteiger partial charge >= 0.3 is 0 Å². The van der Waals surface area contributed by atoms with Gasteiger partial charge in [0.25, 0.3) is 0 Å². The highest BCUT2D eigenvalue weighted by atomic mass is 35.5. The second kappa shape index (κ2) is 8.63. The number of ether oxygens (including phenoxy) is 1. The van der Waals surface area contributed by atoms with Crippen LogP contribution in [0.15, 0.2) is 60.7 Å². The van der Waals surface area contributed by atoms with Crippen molar-refractivity contribution in [1.82, 2.24) is 0 Å². The first-order valence-corrected chi connectivity index (χ1v) is 7.50. The van der Waals surface area contributed by atoms with Crippen molar-refractivity contribution in [2.24, 2.45) is 5.73 Å². The summed E-state index contributed by atoms with van der Waals surface area (Å²) >= 11 is 6.25. The van der Waals surface area contributed by atoms with Crippen LogP contribution in [0.2, 0.25) is 0 Å². The number of rotatable bonds is 7. The van der Waals surface area contributed by atoms with Crippen LogP contribution in [0.3, 0.4) is 0 Å². The molecule has 0 radical (unpaired) electrons. The monoisotopic (exact) mass is 301 g/mol. The quantitative estimate of drug-likeness (QED) is 0.616. The van der Waals surface area contributed by atoms with Gasteiger partial charge in [-0.3, -0.25) is 0 Å². The van der Waals surface area contributed by atoms with Crippen LogP contribution in [0, 0.1) is 0 Å². The predicted molar refractivity (Wildman–Crippen MR) is 90.0 cm³/mol. The van der Waals surface area contributed by atoms with Gasteiger partial charge in [0.2, 0.25) is 0 Å². The lowest BCUT2D eigenvalue weighted by atomic mass is 10.00. The molecule has 0 fully saturated rings. The molecule has 2 aromatic rings. The first-order chi connectivity index (χ1) is 10.3. The molecule has 0 aliphatic rings. The van der Waals surface area contributed by atoms with Gasteiger partial charge in [0.1, 0.15) is 5.56 Å². The van der Waals surface area contributed by atoms with Gasteiger partial charge in [0.05, 0.1) is 6.61 Å². The Morgan fingerprint density at radius 3 is 2.29 bits per heavy atom. The maximum absolute atomic E-state index is 6.25. The molecule has 0 bridgehead atoms. The van der Waals surface area contributed by atoms with Crippen molar-refractivity contribution in [1.29, 1.82) is 0 Å². The zero-order valence-electron chi connectivity index (χ0n) is 11.9. The van der Waals surface area contributed by atoms with E-state index < -0.39 is 0 Å². The molecule has 0 saturated carbocycles. The summed E-state index contributed by atoms with van der Waals surface area (Å²) in [6.07, 6.45) is 2.79. The number of hydrogen-bond donors (Lipinski definition) is 1. The lowest BCUT2D eigenvalue weighted by Crippen LogP contribution is -2.14. The van der Waals surface area contributed by atoms with Gasteiger partial charge in [0, 0.05) is 13.0 Å². The van der Waals surface area contributed by atoms with Crippen molar-refractivity contribution in [3.05, 3.63) is 71.8 Å². The molecular weight excluding hydrogens is 282 g/mol. The van der Waals surface area contributed by atoms with E-state index in [4.69, 9.17) is 22.1 Å². The molecule has 0 saturated heterocycles. The van der Waals surface area contributed by atoms with Gasteiger partial charge in [-0.05, 0) is 16.7 Å². The second-order valence-corrected chi connectivity index (χ2v) is 5.21. The third kappa shape index (κ3) is 5.35. The molecule has 2 N–H and O–H groups in total. The molecule has 0 spiro atoms. The van der Waals surface area contributed by atoms with Crippen molar-refractivity contribution >= 4 is 23.3 Å². The summed E-state index contributed by atoms with van der Waals surface area (Å²) in [7, 11) is 0. The molecule has 110 valence electrons. The Kier molecular flexibility index (Phi) is 6.48. The van der Waals surface area contributed by atoms with Crippen LogP contribution in [-0.4, -0.2) is 18.7 Å². The van der Waals surface area contributed by atoms with Crippen molar-refractivity contribution in [3.8, 4) is 0 Å². The molecule has 2 rings (SSSR count). The van der Waals surface area contributed by atoms with E-state index in [1.165, 1.54) is 0 Å². The van der Waals surface area contributed by atoms with E-state index in [0.29, 0.717) is 19.6 Å². The highest BCUT2D eigenvalue weighted by Gasteiger charge is 2.10. The normalized spacial score (nSPS) is 13.1. The molecule has 3 heteroatoms. The Bertz CT molecular complexity index is 554. The Morgan fingerprint density at radius 1 is 1.05 bits per heavy atom. The van der Waals surface area contributed by atoms with Gasteiger partial charge in [0.15, 0.2) is 0 Å². The second-order valence-electron chi connectivity index (χ2n) is 4.72. The van der Waals surface area contributed by atoms with Crippen molar-refractivity contribution < 1.29 is 4.74 Å². The van der Waals surface area contributed by atoms with E-state index in [-0.39, 0.29) is 5.56 Å². The molecular formula is C18H20ClNO. The minimum absolute atomic E-state index is 0.372. The van der Waals surface area contributed by atoms with Gasteiger partial charge in [-0.1, -0.05) is 78.3 Å². The third-order valence-corrected chi connectivity index (χ3v) is 3.36. The maximum Gasteiger partial charge on any atom is 0.135 e. The Labute approximate surface area is 131 Å². The van der Waals surface area contributed by atoms with Gasteiger partial charge in [-0.25, -0.2) is 0 Å². The van der Waals surface area contributed by atoms with Crippen LogP contribution >= 0.6 is 11.6 Å². The van der Waals surface area contributed by atoms with Gasteiger partial charge < -0.3 is 10.5 Å². The van der Waals surface area contributed by atoms with E-state index in [2.05, 4.69) is 30.3 Å². The zero-order valence-corrected chi connectivity index (χ0v) is 12.7. The van der Waals surface area contributed by atoms with Crippen molar-refractivity contribution in [2.75, 3.05) is 13.2 Å². The molecule has 0 aromatic heterocycles. The summed E-state index contributed by atoms with van der Waals surface area (Å²) in [5.74, 6) is 0. The molecule has 2 nitrogen and oxygen atoms in total. The average molecular weight is 302 g/mol. The number of alkyl halides is 1. The molecule has 0 amide bonds. The molecule has 0 aliphatic heterocycles. The number of nitrogens with two attached hydrogens (primary N) is 1. The molecule has 2 aromatic carbocycles. The van der Waals surface area contributed by atoms with Crippen LogP contribution in [-0.2, 0) is 4.74 Å². The Balaban J connectivity index is 2.21. The maximum atomic E-state index is 6.25. The number of halogens is 1. The Morgan fingerprint density at radius 2 is 1.67 bits per heavy atom. The predicted octanol–water partition coefficient (Wildman–Crippen LogP) is 4.16. The van der Waals surface area contributed by atoms with E-state index in [9.17, 15) is 0 Å². The highest BCUT2D eigenvalue weighted by Crippen LogP contribution is 2.25. The minimum Gasteiger partial charge on any atom is -0.361 e. The summed E-state index contributed by atoms with van der Waals surface area (Å²) in [6, 6.07) is 20.4. The van der Waals surface area contributed by atoms with E-state index in [1.54, 1.807) is 0 Å². The summed E-state index contributed by atoms with van der Waals surface area (Å²) in [5.41, 5.74) is 8.53. The molecule has 1 unspecified atom stereocenters. The smallest absolute Gasteiger partial charge is 0.135 e. The topological polar surface area (TPSA) is 35.2 Å². The summed E-state index contributed by atoms with van der Waals surface area (Å²) < 4.78 is 5.48. The van der Waals surface area contributed by atoms with Gasteiger partial charge in [-0.15, -0.1) is 0 Å². The summed E-state index contributed by atoms with van der Waals surface area (Å²) in [5, 5.41) is 0. The highest BCUT2D eigenvalue weighted by molar-refractivity contribution is 6.20. The molecule has 0 aliphatic carbocycles. The van der Waals surface area contributed by atoms with Crippen LogP contribution in [0.4, 0.5) is 0 Å². The fourth-order valence-corrected chi connectivity index (χ4v) is 2.35. The Hall–Kier alpha value is -1.61. The SMILES string of the molecule is NCCOC(Cl)CC(=Cc1ccccc1)c1ccccc1. The van der Waals surface area contributed by atoms with Crippen LogP contribution in [0.1, 0.15) is 17.5 Å². The fourth-order valence-electron chi connectivity index (χ4n) is 2.09.